The Morgan fingerprint density at radius 3 is 2.38 bits per heavy atom. The summed E-state index contributed by atoms with van der Waals surface area (Å²) in [5.41, 5.74) is 0.392. The van der Waals surface area contributed by atoms with Crippen LogP contribution in [0.15, 0.2) is 59.5 Å². The fourth-order valence-electron chi connectivity index (χ4n) is 1.94. The highest BCUT2D eigenvalue weighted by atomic mass is 32.2. The molecule has 0 atom stereocenters. The van der Waals surface area contributed by atoms with Crippen LogP contribution in [0.5, 0.6) is 0 Å². The van der Waals surface area contributed by atoms with E-state index in [1.54, 1.807) is 24.3 Å². The van der Waals surface area contributed by atoms with E-state index in [9.17, 15) is 18.0 Å². The summed E-state index contributed by atoms with van der Waals surface area (Å²) in [5, 5.41) is 11.4. The summed E-state index contributed by atoms with van der Waals surface area (Å²) in [6.07, 6.45) is -0.0800. The van der Waals surface area contributed by atoms with E-state index >= 15 is 0 Å². The van der Waals surface area contributed by atoms with Gasteiger partial charge in [0.1, 0.15) is 0 Å². The number of anilines is 1. The van der Waals surface area contributed by atoms with Gasteiger partial charge in [-0.3, -0.25) is 4.79 Å². The Morgan fingerprint density at radius 1 is 1.00 bits per heavy atom. The molecule has 0 heterocycles. The highest BCUT2D eigenvalue weighted by Crippen LogP contribution is 2.11. The Balaban J connectivity index is 1.88. The summed E-state index contributed by atoms with van der Waals surface area (Å²) in [6, 6.07) is 13.6. The second kappa shape index (κ2) is 7.71. The van der Waals surface area contributed by atoms with Gasteiger partial charge in [0, 0.05) is 18.7 Å². The van der Waals surface area contributed by atoms with Gasteiger partial charge in [0.15, 0.2) is 0 Å². The van der Waals surface area contributed by atoms with Crippen molar-refractivity contribution in [2.45, 2.75) is 11.3 Å². The van der Waals surface area contributed by atoms with Crippen LogP contribution in [0, 0.1) is 0 Å². The maximum Gasteiger partial charge on any atom is 0.335 e. The summed E-state index contributed by atoms with van der Waals surface area (Å²) < 4.78 is 26.3. The smallest absolute Gasteiger partial charge is 0.335 e. The third-order valence-corrected chi connectivity index (χ3v) is 4.57. The molecule has 0 unspecified atom stereocenters. The third kappa shape index (κ3) is 4.90. The molecule has 0 saturated heterocycles. The lowest BCUT2D eigenvalue weighted by Gasteiger charge is -2.08. The molecule has 0 aliphatic carbocycles. The molecule has 3 N–H and O–H groups in total. The molecule has 0 spiro atoms. The van der Waals surface area contributed by atoms with Crippen LogP contribution in [0.3, 0.4) is 0 Å². The number of nitrogens with one attached hydrogen (secondary N) is 2. The van der Waals surface area contributed by atoms with Crippen molar-refractivity contribution in [3.8, 4) is 0 Å². The van der Waals surface area contributed by atoms with Crippen molar-refractivity contribution in [3.63, 3.8) is 0 Å². The van der Waals surface area contributed by atoms with Crippen molar-refractivity contribution < 1.29 is 23.1 Å². The summed E-state index contributed by atoms with van der Waals surface area (Å²) in [5.74, 6) is -1.52. The predicted molar refractivity (Wildman–Crippen MR) is 88.3 cm³/mol. The van der Waals surface area contributed by atoms with Gasteiger partial charge in [0.2, 0.25) is 15.9 Å². The quantitative estimate of drug-likeness (QED) is 0.705. The lowest BCUT2D eigenvalue weighted by atomic mass is 10.2. The largest absolute Gasteiger partial charge is 0.478 e. The van der Waals surface area contributed by atoms with Gasteiger partial charge >= 0.3 is 5.97 Å². The Labute approximate surface area is 139 Å². The molecule has 0 fully saturated rings. The van der Waals surface area contributed by atoms with Crippen molar-refractivity contribution >= 4 is 27.6 Å². The predicted octanol–water partition coefficient (Wildman–Crippen LogP) is 1.69. The van der Waals surface area contributed by atoms with Gasteiger partial charge in [0.25, 0.3) is 0 Å². The van der Waals surface area contributed by atoms with E-state index in [0.29, 0.717) is 5.69 Å². The van der Waals surface area contributed by atoms with Gasteiger partial charge in [-0.2, -0.15) is 0 Å². The highest BCUT2D eigenvalue weighted by molar-refractivity contribution is 7.89. The molecular formula is C16H16N2O5S. The summed E-state index contributed by atoms with van der Waals surface area (Å²) in [7, 11) is -3.65. The first-order valence-electron chi connectivity index (χ1n) is 7.06. The zero-order valence-electron chi connectivity index (χ0n) is 12.6. The van der Waals surface area contributed by atoms with E-state index in [1.807, 2.05) is 0 Å². The molecule has 0 bridgehead atoms. The zero-order valence-corrected chi connectivity index (χ0v) is 13.4. The topological polar surface area (TPSA) is 113 Å². The summed E-state index contributed by atoms with van der Waals surface area (Å²) in [6.45, 7) is -0.0678. The molecule has 2 rings (SSSR count). The van der Waals surface area contributed by atoms with E-state index in [1.165, 1.54) is 30.3 Å². The molecule has 0 saturated carbocycles. The van der Waals surface area contributed by atoms with Gasteiger partial charge in [0.05, 0.1) is 10.5 Å². The van der Waals surface area contributed by atoms with Gasteiger partial charge in [-0.1, -0.05) is 24.3 Å². The lowest BCUT2D eigenvalue weighted by Crippen LogP contribution is -2.27. The van der Waals surface area contributed by atoms with E-state index < -0.39 is 21.9 Å². The number of benzene rings is 2. The van der Waals surface area contributed by atoms with Crippen molar-refractivity contribution in [2.24, 2.45) is 0 Å². The van der Waals surface area contributed by atoms with Gasteiger partial charge < -0.3 is 10.4 Å². The number of amides is 1. The average molecular weight is 348 g/mol. The molecule has 0 aliphatic heterocycles. The van der Waals surface area contributed by atoms with Crippen LogP contribution in [-0.2, 0) is 14.8 Å². The van der Waals surface area contributed by atoms with Gasteiger partial charge in [-0.15, -0.1) is 0 Å². The Bertz CT molecular complexity index is 835. The first-order chi connectivity index (χ1) is 11.4. The first-order valence-corrected chi connectivity index (χ1v) is 8.55. The van der Waals surface area contributed by atoms with Gasteiger partial charge in [-0.25, -0.2) is 17.9 Å². The zero-order chi connectivity index (χ0) is 17.6. The number of hydrogen-bond donors (Lipinski definition) is 3. The molecule has 126 valence electrons. The fraction of sp³-hybridized carbons (Fsp3) is 0.125. The number of carbonyl (C=O) groups excluding carboxylic acids is 1. The van der Waals surface area contributed by atoms with Crippen molar-refractivity contribution in [1.29, 1.82) is 0 Å². The fourth-order valence-corrected chi connectivity index (χ4v) is 2.99. The van der Waals surface area contributed by atoms with Crippen molar-refractivity contribution in [2.75, 3.05) is 11.9 Å². The van der Waals surface area contributed by atoms with E-state index in [-0.39, 0.29) is 23.4 Å². The second-order valence-corrected chi connectivity index (χ2v) is 6.66. The Hall–Kier alpha value is -2.71. The Kier molecular flexibility index (Phi) is 5.67. The second-order valence-electron chi connectivity index (χ2n) is 4.89. The SMILES string of the molecule is O=C(CCNS(=O)(=O)c1ccccc1)Nc1cccc(C(=O)O)c1. The van der Waals surface area contributed by atoms with Crippen LogP contribution < -0.4 is 10.0 Å². The number of carboxylic acids is 1. The molecule has 8 heteroatoms. The summed E-state index contributed by atoms with van der Waals surface area (Å²) in [4.78, 5) is 22.8. The van der Waals surface area contributed by atoms with Crippen LogP contribution in [0.1, 0.15) is 16.8 Å². The normalized spacial score (nSPS) is 11.0. The molecule has 1 amide bonds. The van der Waals surface area contributed by atoms with E-state index in [2.05, 4.69) is 10.0 Å². The minimum absolute atomic E-state index is 0.0533. The molecular weight excluding hydrogens is 332 g/mol. The minimum atomic E-state index is -3.65. The highest BCUT2D eigenvalue weighted by Gasteiger charge is 2.13. The third-order valence-electron chi connectivity index (χ3n) is 3.09. The molecule has 7 nitrogen and oxygen atoms in total. The van der Waals surface area contributed by atoms with Crippen LogP contribution in [0.25, 0.3) is 0 Å². The monoisotopic (exact) mass is 348 g/mol. The maximum atomic E-state index is 12.0. The van der Waals surface area contributed by atoms with Crippen molar-refractivity contribution in [3.05, 3.63) is 60.2 Å². The number of hydrogen-bond acceptors (Lipinski definition) is 4. The summed E-state index contributed by atoms with van der Waals surface area (Å²) >= 11 is 0. The standard InChI is InChI=1S/C16H16N2O5S/c19-15(18-13-6-4-5-12(11-13)16(20)21)9-10-17-24(22,23)14-7-2-1-3-8-14/h1-8,11,17H,9-10H2,(H,18,19)(H,20,21). The van der Waals surface area contributed by atoms with Gasteiger partial charge in [-0.05, 0) is 30.3 Å². The number of carboxylic acid groups (broad SMARTS) is 1. The lowest BCUT2D eigenvalue weighted by molar-refractivity contribution is -0.116. The van der Waals surface area contributed by atoms with Crippen LogP contribution in [0.4, 0.5) is 5.69 Å². The van der Waals surface area contributed by atoms with E-state index in [0.717, 1.165) is 0 Å². The number of carbonyl (C=O) groups is 2. The molecule has 2 aromatic carbocycles. The Morgan fingerprint density at radius 2 is 1.71 bits per heavy atom. The number of aromatic carboxylic acids is 1. The first kappa shape index (κ1) is 17.6. The average Bonchev–Trinajstić information content (AvgIpc) is 2.55. The minimum Gasteiger partial charge on any atom is -0.478 e. The molecule has 24 heavy (non-hydrogen) atoms. The van der Waals surface area contributed by atoms with E-state index in [4.69, 9.17) is 5.11 Å². The van der Waals surface area contributed by atoms with Crippen LogP contribution >= 0.6 is 0 Å². The maximum absolute atomic E-state index is 12.0. The van der Waals surface area contributed by atoms with Crippen LogP contribution in [-0.4, -0.2) is 31.9 Å². The molecule has 0 aliphatic rings. The molecule has 2 aromatic rings. The number of rotatable bonds is 7. The van der Waals surface area contributed by atoms with Crippen LogP contribution in [0.2, 0.25) is 0 Å². The van der Waals surface area contributed by atoms with Crippen molar-refractivity contribution in [1.82, 2.24) is 4.72 Å². The molecule has 0 aromatic heterocycles. The number of sulfonamides is 1. The molecule has 0 radical (unpaired) electrons.